The number of aromatic nitrogens is 2. The van der Waals surface area contributed by atoms with Crippen LogP contribution in [-0.2, 0) is 0 Å². The third kappa shape index (κ3) is 0.767. The molecule has 1 aromatic heterocycles. The SMILES string of the molecule is CNc1ncnc2c1N=C[N+]21CC1. The van der Waals surface area contributed by atoms with Gasteiger partial charge in [-0.15, -0.1) is 0 Å². The van der Waals surface area contributed by atoms with Gasteiger partial charge in [0.05, 0.1) is 0 Å². The van der Waals surface area contributed by atoms with Crippen LogP contribution in [0.1, 0.15) is 0 Å². The van der Waals surface area contributed by atoms with Gasteiger partial charge in [-0.05, 0) is 0 Å². The number of hydrogen-bond donors (Lipinski definition) is 1. The summed E-state index contributed by atoms with van der Waals surface area (Å²) in [4.78, 5) is 12.7. The summed E-state index contributed by atoms with van der Waals surface area (Å²) < 4.78 is 0.826. The van der Waals surface area contributed by atoms with Crippen LogP contribution in [-0.4, -0.2) is 36.4 Å². The van der Waals surface area contributed by atoms with Crippen LogP contribution < -0.4 is 9.80 Å². The molecule has 0 amide bonds. The first-order chi connectivity index (χ1) is 6.36. The van der Waals surface area contributed by atoms with E-state index < -0.39 is 0 Å². The third-order valence-corrected chi connectivity index (χ3v) is 2.57. The standard InChI is InChI=1S/C8H10N5/c1-9-7-6-8(11-4-10-7)13(2-3-13)5-12-6/h4-5H,2-3H2,1H3,(H,9,10,11)/q+1. The molecule has 5 heteroatoms. The predicted molar refractivity (Wildman–Crippen MR) is 51.3 cm³/mol. The molecule has 0 unspecified atom stereocenters. The average molecular weight is 176 g/mol. The first-order valence-electron chi connectivity index (χ1n) is 4.31. The fourth-order valence-electron chi connectivity index (χ4n) is 1.66. The van der Waals surface area contributed by atoms with Crippen LogP contribution in [0.25, 0.3) is 0 Å². The Bertz CT molecular complexity index is 394. The second kappa shape index (κ2) is 2.05. The van der Waals surface area contributed by atoms with Crippen LogP contribution in [0.2, 0.25) is 0 Å². The highest BCUT2D eigenvalue weighted by Gasteiger charge is 2.51. The van der Waals surface area contributed by atoms with Crippen LogP contribution in [0.4, 0.5) is 17.3 Å². The summed E-state index contributed by atoms with van der Waals surface area (Å²) in [5.41, 5.74) is 0.905. The van der Waals surface area contributed by atoms with E-state index in [0.717, 1.165) is 34.9 Å². The van der Waals surface area contributed by atoms with Crippen LogP contribution in [0, 0.1) is 0 Å². The molecular weight excluding hydrogens is 166 g/mol. The lowest BCUT2D eigenvalue weighted by Gasteiger charge is -2.05. The van der Waals surface area contributed by atoms with Gasteiger partial charge in [-0.2, -0.15) is 9.98 Å². The maximum absolute atomic E-state index is 4.35. The monoisotopic (exact) mass is 176 g/mol. The van der Waals surface area contributed by atoms with Crippen molar-refractivity contribution in [3.63, 3.8) is 0 Å². The molecule has 1 fully saturated rings. The second-order valence-corrected chi connectivity index (χ2v) is 3.37. The van der Waals surface area contributed by atoms with Gasteiger partial charge in [-0.25, -0.2) is 9.47 Å². The van der Waals surface area contributed by atoms with Gasteiger partial charge in [0.25, 0.3) is 5.82 Å². The van der Waals surface area contributed by atoms with Crippen molar-refractivity contribution in [2.45, 2.75) is 0 Å². The van der Waals surface area contributed by atoms with Crippen molar-refractivity contribution < 1.29 is 0 Å². The average Bonchev–Trinajstić information content (AvgIpc) is 2.85. The van der Waals surface area contributed by atoms with Crippen molar-refractivity contribution in [1.82, 2.24) is 14.5 Å². The molecule has 0 aliphatic carbocycles. The molecule has 0 aromatic carbocycles. The van der Waals surface area contributed by atoms with Gasteiger partial charge in [0, 0.05) is 7.05 Å². The lowest BCUT2D eigenvalue weighted by molar-refractivity contribution is 0.799. The fraction of sp³-hybridized carbons (Fsp3) is 0.375. The molecule has 2 aliphatic heterocycles. The molecule has 0 bridgehead atoms. The second-order valence-electron chi connectivity index (χ2n) is 3.37. The highest BCUT2D eigenvalue weighted by atomic mass is 15.5. The molecule has 13 heavy (non-hydrogen) atoms. The van der Waals surface area contributed by atoms with Gasteiger partial charge in [-0.1, -0.05) is 0 Å². The summed E-state index contributed by atoms with van der Waals surface area (Å²) in [6, 6.07) is 0. The van der Waals surface area contributed by atoms with E-state index in [0.29, 0.717) is 0 Å². The summed E-state index contributed by atoms with van der Waals surface area (Å²) in [6.07, 6.45) is 3.55. The first kappa shape index (κ1) is 6.97. The van der Waals surface area contributed by atoms with Crippen LogP contribution in [0.5, 0.6) is 0 Å². The normalized spacial score (nSPS) is 20.4. The minimum Gasteiger partial charge on any atom is -0.371 e. The molecular formula is C8H10N5+. The summed E-state index contributed by atoms with van der Waals surface area (Å²) in [7, 11) is 1.85. The highest BCUT2D eigenvalue weighted by Crippen LogP contribution is 2.44. The van der Waals surface area contributed by atoms with Crippen LogP contribution >= 0.6 is 0 Å². The molecule has 0 atom stereocenters. The van der Waals surface area contributed by atoms with Crippen molar-refractivity contribution in [1.29, 1.82) is 0 Å². The topological polar surface area (TPSA) is 50.2 Å². The number of quaternary nitrogens is 1. The molecule has 66 valence electrons. The molecule has 2 aliphatic rings. The predicted octanol–water partition coefficient (Wildman–Crippen LogP) is 0.513. The molecule has 1 saturated heterocycles. The largest absolute Gasteiger partial charge is 0.371 e. The van der Waals surface area contributed by atoms with E-state index in [9.17, 15) is 0 Å². The molecule has 1 N–H and O–H groups in total. The van der Waals surface area contributed by atoms with E-state index in [2.05, 4.69) is 20.3 Å². The number of nitrogens with one attached hydrogen (secondary N) is 1. The van der Waals surface area contributed by atoms with E-state index in [1.54, 1.807) is 6.33 Å². The van der Waals surface area contributed by atoms with E-state index in [1.807, 2.05) is 13.4 Å². The molecule has 1 spiro atoms. The lowest BCUT2D eigenvalue weighted by Crippen LogP contribution is -2.21. The Kier molecular flexibility index (Phi) is 1.10. The van der Waals surface area contributed by atoms with Gasteiger partial charge in [-0.3, -0.25) is 0 Å². The van der Waals surface area contributed by atoms with E-state index in [1.165, 1.54) is 0 Å². The molecule has 1 aromatic rings. The van der Waals surface area contributed by atoms with Crippen molar-refractivity contribution in [2.75, 3.05) is 25.5 Å². The first-order valence-corrected chi connectivity index (χ1v) is 4.31. The van der Waals surface area contributed by atoms with Crippen molar-refractivity contribution in [3.8, 4) is 0 Å². The van der Waals surface area contributed by atoms with E-state index in [-0.39, 0.29) is 0 Å². The van der Waals surface area contributed by atoms with Gasteiger partial charge >= 0.3 is 0 Å². The van der Waals surface area contributed by atoms with Crippen molar-refractivity contribution >= 4 is 23.7 Å². The van der Waals surface area contributed by atoms with Gasteiger partial charge < -0.3 is 5.32 Å². The maximum Gasteiger partial charge on any atom is 0.265 e. The Morgan fingerprint density at radius 1 is 1.38 bits per heavy atom. The van der Waals surface area contributed by atoms with Crippen LogP contribution in [0.3, 0.4) is 0 Å². The zero-order chi connectivity index (χ0) is 8.89. The number of aliphatic imine (C=N–C) groups is 1. The minimum atomic E-state index is 0.822. The third-order valence-electron chi connectivity index (χ3n) is 2.57. The Hall–Kier alpha value is -1.49. The zero-order valence-corrected chi connectivity index (χ0v) is 7.36. The fourth-order valence-corrected chi connectivity index (χ4v) is 1.66. The quantitative estimate of drug-likeness (QED) is 0.501. The highest BCUT2D eigenvalue weighted by molar-refractivity contribution is 5.93. The molecule has 0 radical (unpaired) electrons. The maximum atomic E-state index is 4.35. The Morgan fingerprint density at radius 2 is 2.23 bits per heavy atom. The lowest BCUT2D eigenvalue weighted by atomic mass is 10.4. The molecule has 3 heterocycles. The van der Waals surface area contributed by atoms with Gasteiger partial charge in [0.15, 0.2) is 17.8 Å². The molecule has 3 rings (SSSR count). The smallest absolute Gasteiger partial charge is 0.265 e. The van der Waals surface area contributed by atoms with Crippen LogP contribution in [0.15, 0.2) is 11.3 Å². The van der Waals surface area contributed by atoms with Crippen molar-refractivity contribution in [2.24, 2.45) is 4.99 Å². The van der Waals surface area contributed by atoms with Gasteiger partial charge in [0.1, 0.15) is 19.4 Å². The summed E-state index contributed by atoms with van der Waals surface area (Å²) in [6.45, 7) is 2.24. The van der Waals surface area contributed by atoms with E-state index >= 15 is 0 Å². The number of nitrogens with zero attached hydrogens (tertiary/aromatic N) is 4. The number of rotatable bonds is 1. The number of fused-ring (bicyclic) bond motifs is 2. The van der Waals surface area contributed by atoms with E-state index in [4.69, 9.17) is 0 Å². The minimum absolute atomic E-state index is 0.822. The summed E-state index contributed by atoms with van der Waals surface area (Å²) in [5, 5.41) is 3.02. The Morgan fingerprint density at radius 3 is 2.92 bits per heavy atom. The Labute approximate surface area is 75.7 Å². The summed E-state index contributed by atoms with van der Waals surface area (Å²) >= 11 is 0. The summed E-state index contributed by atoms with van der Waals surface area (Å²) in [5.74, 6) is 1.86. The molecule has 5 nitrogen and oxygen atoms in total. The van der Waals surface area contributed by atoms with Gasteiger partial charge in [0.2, 0.25) is 0 Å². The Balaban J connectivity index is 2.22. The number of hydrogen-bond acceptors (Lipinski definition) is 4. The van der Waals surface area contributed by atoms with Crippen molar-refractivity contribution in [3.05, 3.63) is 6.33 Å². The molecule has 0 saturated carbocycles. The zero-order valence-electron chi connectivity index (χ0n) is 7.36. The number of anilines is 1.